The maximum atomic E-state index is 11.3. The second-order valence-corrected chi connectivity index (χ2v) is 11.5. The molecule has 140 valence electrons. The Morgan fingerprint density at radius 1 is 0.833 bits per heavy atom. The van der Waals surface area contributed by atoms with Gasteiger partial charge in [-0.25, -0.2) is 0 Å². The molecule has 8 heteroatoms. The summed E-state index contributed by atoms with van der Waals surface area (Å²) in [6.07, 6.45) is 0. The first-order valence-corrected chi connectivity index (χ1v) is 10.8. The van der Waals surface area contributed by atoms with Gasteiger partial charge >= 0.3 is 10.7 Å². The van der Waals surface area contributed by atoms with Gasteiger partial charge in [-0.15, -0.1) is 0 Å². The summed E-state index contributed by atoms with van der Waals surface area (Å²) in [5.74, 6) is 1.78. The second-order valence-electron chi connectivity index (χ2n) is 8.27. The smallest absolute Gasteiger partial charge is 0.314 e. The fourth-order valence-electron chi connectivity index (χ4n) is 2.90. The van der Waals surface area contributed by atoms with Crippen LogP contribution >= 0.6 is 46.7 Å². The van der Waals surface area contributed by atoms with Crippen molar-refractivity contribution in [1.82, 2.24) is 10.6 Å². The third kappa shape index (κ3) is 6.85. The second kappa shape index (κ2) is 8.74. The lowest BCUT2D eigenvalue weighted by Gasteiger charge is -2.43. The molecule has 1 saturated heterocycles. The number of carbonyl (C=O) groups is 2. The van der Waals surface area contributed by atoms with E-state index in [0.717, 1.165) is 11.5 Å². The maximum absolute atomic E-state index is 11.3. The Kier molecular flexibility index (Phi) is 8.11. The van der Waals surface area contributed by atoms with E-state index in [9.17, 15) is 9.59 Å². The lowest BCUT2D eigenvalue weighted by Crippen LogP contribution is -2.54. The highest BCUT2D eigenvalue weighted by atomic mass is 35.5. The third-order valence-electron chi connectivity index (χ3n) is 4.10. The van der Waals surface area contributed by atoms with Crippen molar-refractivity contribution < 1.29 is 9.59 Å². The van der Waals surface area contributed by atoms with Gasteiger partial charge in [0.1, 0.15) is 0 Å². The SMILES string of the molecule is CC(C)(C)C(NC(=O)Cl)C1CSC(C(NC(=O)Cl)C(C)(C)C)CS1. The van der Waals surface area contributed by atoms with E-state index < -0.39 is 10.7 Å². The van der Waals surface area contributed by atoms with Gasteiger partial charge in [0.2, 0.25) is 0 Å². The van der Waals surface area contributed by atoms with Gasteiger partial charge in [-0.2, -0.15) is 23.5 Å². The highest BCUT2D eigenvalue weighted by Gasteiger charge is 2.41. The van der Waals surface area contributed by atoms with Crippen molar-refractivity contribution in [2.24, 2.45) is 10.8 Å². The summed E-state index contributed by atoms with van der Waals surface area (Å²) >= 11 is 14.8. The molecule has 0 aromatic rings. The molecule has 4 nitrogen and oxygen atoms in total. The summed E-state index contributed by atoms with van der Waals surface area (Å²) in [4.78, 5) is 22.7. The molecule has 0 aromatic carbocycles. The third-order valence-corrected chi connectivity index (χ3v) is 7.57. The van der Waals surface area contributed by atoms with Crippen LogP contribution in [-0.4, -0.2) is 44.8 Å². The highest BCUT2D eigenvalue weighted by Crippen LogP contribution is 2.40. The molecule has 2 N–H and O–H groups in total. The first-order valence-electron chi connectivity index (χ1n) is 7.97. The molecule has 0 bridgehead atoms. The van der Waals surface area contributed by atoms with Crippen molar-refractivity contribution in [3.63, 3.8) is 0 Å². The van der Waals surface area contributed by atoms with Crippen LogP contribution in [0.3, 0.4) is 0 Å². The molecule has 0 aliphatic carbocycles. The quantitative estimate of drug-likeness (QED) is 0.505. The van der Waals surface area contributed by atoms with Crippen molar-refractivity contribution in [3.8, 4) is 0 Å². The average Bonchev–Trinajstić information content (AvgIpc) is 2.40. The fraction of sp³-hybridized carbons (Fsp3) is 0.875. The molecule has 0 saturated carbocycles. The zero-order valence-corrected chi connectivity index (χ0v) is 18.3. The van der Waals surface area contributed by atoms with Crippen LogP contribution in [0.5, 0.6) is 0 Å². The first-order chi connectivity index (χ1) is 10.8. The molecular weight excluding hydrogens is 387 g/mol. The first kappa shape index (κ1) is 22.3. The predicted molar refractivity (Wildman–Crippen MR) is 108 cm³/mol. The van der Waals surface area contributed by atoms with Crippen molar-refractivity contribution in [2.45, 2.75) is 64.1 Å². The van der Waals surface area contributed by atoms with Crippen LogP contribution in [0.15, 0.2) is 0 Å². The number of hydrogen-bond acceptors (Lipinski definition) is 4. The van der Waals surface area contributed by atoms with Crippen LogP contribution in [0.1, 0.15) is 41.5 Å². The van der Waals surface area contributed by atoms with Crippen molar-refractivity contribution in [2.75, 3.05) is 11.5 Å². The fourth-order valence-corrected chi connectivity index (χ4v) is 6.97. The normalized spacial score (nSPS) is 24.8. The highest BCUT2D eigenvalue weighted by molar-refractivity contribution is 8.07. The van der Waals surface area contributed by atoms with Gasteiger partial charge in [0.05, 0.1) is 0 Å². The molecule has 0 radical (unpaired) electrons. The summed E-state index contributed by atoms with van der Waals surface area (Å²) in [5.41, 5.74) is -0.160. The van der Waals surface area contributed by atoms with Crippen LogP contribution < -0.4 is 10.6 Å². The molecule has 0 aromatic heterocycles. The molecule has 1 aliphatic heterocycles. The Morgan fingerprint density at radius 2 is 1.12 bits per heavy atom. The minimum absolute atomic E-state index is 0.00310. The molecule has 4 unspecified atom stereocenters. The topological polar surface area (TPSA) is 58.2 Å². The van der Waals surface area contributed by atoms with E-state index in [-0.39, 0.29) is 33.4 Å². The summed E-state index contributed by atoms with van der Waals surface area (Å²) in [6, 6.07) is -0.00619. The minimum atomic E-state index is -0.510. The van der Waals surface area contributed by atoms with Gasteiger partial charge in [0.25, 0.3) is 0 Å². The Balaban J connectivity index is 2.79. The summed E-state index contributed by atoms with van der Waals surface area (Å²) in [6.45, 7) is 12.6. The van der Waals surface area contributed by atoms with Gasteiger partial charge in [-0.05, 0) is 34.0 Å². The van der Waals surface area contributed by atoms with E-state index in [1.165, 1.54) is 0 Å². The minimum Gasteiger partial charge on any atom is -0.338 e. The Hall–Kier alpha value is 0.220. The van der Waals surface area contributed by atoms with Crippen molar-refractivity contribution in [1.29, 1.82) is 0 Å². The maximum Gasteiger partial charge on any atom is 0.314 e. The molecular formula is C16H28Cl2N2O2S2. The van der Waals surface area contributed by atoms with Crippen molar-refractivity contribution >= 4 is 57.5 Å². The number of nitrogens with one attached hydrogen (secondary N) is 2. The van der Waals surface area contributed by atoms with Crippen LogP contribution in [0.25, 0.3) is 0 Å². The van der Waals surface area contributed by atoms with E-state index in [0.29, 0.717) is 0 Å². The Labute approximate surface area is 163 Å². The monoisotopic (exact) mass is 414 g/mol. The number of halogens is 2. The van der Waals surface area contributed by atoms with Crippen LogP contribution in [-0.2, 0) is 0 Å². The molecule has 4 atom stereocenters. The van der Waals surface area contributed by atoms with Gasteiger partial charge < -0.3 is 10.6 Å². The summed E-state index contributed by atoms with van der Waals surface area (Å²) < 4.78 is 0. The van der Waals surface area contributed by atoms with Crippen molar-refractivity contribution in [3.05, 3.63) is 0 Å². The van der Waals surface area contributed by atoms with Crippen LogP contribution in [0, 0.1) is 10.8 Å². The summed E-state index contributed by atoms with van der Waals surface area (Å²) in [7, 11) is 0. The van der Waals surface area contributed by atoms with Crippen LogP contribution in [0.2, 0.25) is 0 Å². The largest absolute Gasteiger partial charge is 0.338 e. The zero-order valence-electron chi connectivity index (χ0n) is 15.1. The molecule has 2 amide bonds. The molecule has 1 aliphatic rings. The number of carbonyl (C=O) groups excluding carboxylic acids is 2. The van der Waals surface area contributed by atoms with Gasteiger partial charge in [-0.1, -0.05) is 41.5 Å². The number of amides is 2. The Morgan fingerprint density at radius 3 is 1.29 bits per heavy atom. The predicted octanol–water partition coefficient (Wildman–Crippen LogP) is 4.93. The van der Waals surface area contributed by atoms with E-state index in [1.807, 2.05) is 23.5 Å². The molecule has 24 heavy (non-hydrogen) atoms. The van der Waals surface area contributed by atoms with E-state index >= 15 is 0 Å². The van der Waals surface area contributed by atoms with Gasteiger partial charge in [0.15, 0.2) is 0 Å². The zero-order chi connectivity index (χ0) is 18.7. The van der Waals surface area contributed by atoms with Gasteiger partial charge in [-0.3, -0.25) is 9.59 Å². The molecule has 1 fully saturated rings. The lowest BCUT2D eigenvalue weighted by molar-refractivity contribution is 0.232. The number of thioether (sulfide) groups is 2. The number of rotatable bonds is 4. The van der Waals surface area contributed by atoms with E-state index in [4.69, 9.17) is 23.2 Å². The standard InChI is InChI=1S/C16H28Cl2N2O2S2/c1-15(2,3)11(19-13(17)21)9-7-24-10(8-23-9)12(16(4,5)6)20-14(18)22/h9-12H,7-8H2,1-6H3,(H,19,21)(H,20,22). The average molecular weight is 415 g/mol. The Bertz CT molecular complexity index is 414. The molecule has 0 spiro atoms. The number of hydrogen-bond donors (Lipinski definition) is 2. The van der Waals surface area contributed by atoms with Gasteiger partial charge in [0, 0.05) is 34.1 Å². The molecule has 1 heterocycles. The molecule has 1 rings (SSSR count). The van der Waals surface area contributed by atoms with E-state index in [2.05, 4.69) is 52.2 Å². The lowest BCUT2D eigenvalue weighted by atomic mass is 9.84. The van der Waals surface area contributed by atoms with E-state index in [1.54, 1.807) is 0 Å². The van der Waals surface area contributed by atoms with Crippen LogP contribution in [0.4, 0.5) is 9.59 Å². The summed E-state index contributed by atoms with van der Waals surface area (Å²) in [5, 5.41) is 5.33.